The second-order valence-electron chi connectivity index (χ2n) is 4.02. The number of rotatable bonds is 5. The van der Waals surface area contributed by atoms with E-state index >= 15 is 0 Å². The minimum Gasteiger partial charge on any atom is -0.367 e. The molecule has 1 aromatic heterocycles. The van der Waals surface area contributed by atoms with Gasteiger partial charge in [-0.15, -0.1) is 0 Å². The number of hydrogen-bond donors (Lipinski definition) is 1. The summed E-state index contributed by atoms with van der Waals surface area (Å²) in [6.07, 6.45) is 2.46. The van der Waals surface area contributed by atoms with Crippen LogP contribution in [0.3, 0.4) is 0 Å². The number of amides is 1. The SMILES string of the molecule is CO[C@H](C(=O)N/N=C\c1ccccn1)c1ccccc1. The number of methoxy groups -OCH3 is 1. The molecule has 0 bridgehead atoms. The van der Waals surface area contributed by atoms with Crippen molar-refractivity contribution in [1.29, 1.82) is 0 Å². The van der Waals surface area contributed by atoms with Crippen molar-refractivity contribution in [1.82, 2.24) is 10.4 Å². The van der Waals surface area contributed by atoms with E-state index in [1.165, 1.54) is 13.3 Å². The number of nitrogens with one attached hydrogen (secondary N) is 1. The Balaban J connectivity index is 1.99. The van der Waals surface area contributed by atoms with Gasteiger partial charge in [-0.3, -0.25) is 9.78 Å². The van der Waals surface area contributed by atoms with Crippen LogP contribution >= 0.6 is 0 Å². The van der Waals surface area contributed by atoms with Gasteiger partial charge in [0.1, 0.15) is 0 Å². The first-order valence-corrected chi connectivity index (χ1v) is 6.13. The number of hydrogen-bond acceptors (Lipinski definition) is 4. The lowest BCUT2D eigenvalue weighted by Gasteiger charge is -2.13. The van der Waals surface area contributed by atoms with Gasteiger partial charge in [0, 0.05) is 13.3 Å². The summed E-state index contributed by atoms with van der Waals surface area (Å²) < 4.78 is 5.20. The van der Waals surface area contributed by atoms with E-state index in [0.29, 0.717) is 5.69 Å². The molecule has 0 fully saturated rings. The topological polar surface area (TPSA) is 63.6 Å². The average molecular weight is 269 g/mol. The van der Waals surface area contributed by atoms with E-state index in [9.17, 15) is 4.79 Å². The van der Waals surface area contributed by atoms with Crippen LogP contribution in [0.1, 0.15) is 17.4 Å². The number of aromatic nitrogens is 1. The van der Waals surface area contributed by atoms with Crippen molar-refractivity contribution in [3.05, 3.63) is 66.0 Å². The summed E-state index contributed by atoms with van der Waals surface area (Å²) in [4.78, 5) is 16.1. The molecule has 0 unspecified atom stereocenters. The molecule has 0 aliphatic heterocycles. The Morgan fingerprint density at radius 3 is 2.65 bits per heavy atom. The fraction of sp³-hybridized carbons (Fsp3) is 0.133. The van der Waals surface area contributed by atoms with Crippen LogP contribution in [-0.2, 0) is 9.53 Å². The Kier molecular flexibility index (Phi) is 4.97. The van der Waals surface area contributed by atoms with Gasteiger partial charge in [-0.1, -0.05) is 36.4 Å². The second-order valence-corrected chi connectivity index (χ2v) is 4.02. The molecule has 5 nitrogen and oxygen atoms in total. The molecule has 0 saturated carbocycles. The van der Waals surface area contributed by atoms with Crippen molar-refractivity contribution in [3.8, 4) is 0 Å². The summed E-state index contributed by atoms with van der Waals surface area (Å²) in [6.45, 7) is 0. The van der Waals surface area contributed by atoms with Gasteiger partial charge in [0.05, 0.1) is 11.9 Å². The Morgan fingerprint density at radius 2 is 2.00 bits per heavy atom. The predicted molar refractivity (Wildman–Crippen MR) is 76.2 cm³/mol. The van der Waals surface area contributed by atoms with Crippen LogP contribution < -0.4 is 5.43 Å². The van der Waals surface area contributed by atoms with Crippen LogP contribution in [0, 0.1) is 0 Å². The summed E-state index contributed by atoms with van der Waals surface area (Å²) in [5.41, 5.74) is 3.89. The van der Waals surface area contributed by atoms with Gasteiger partial charge in [0.15, 0.2) is 6.10 Å². The molecular formula is C15H15N3O2. The van der Waals surface area contributed by atoms with Crippen LogP contribution in [-0.4, -0.2) is 24.2 Å². The summed E-state index contributed by atoms with van der Waals surface area (Å²) in [5, 5.41) is 3.87. The van der Waals surface area contributed by atoms with Crippen molar-refractivity contribution in [2.45, 2.75) is 6.10 Å². The highest BCUT2D eigenvalue weighted by molar-refractivity contribution is 5.84. The highest BCUT2D eigenvalue weighted by atomic mass is 16.5. The zero-order valence-electron chi connectivity index (χ0n) is 11.1. The Hall–Kier alpha value is -2.53. The molecule has 20 heavy (non-hydrogen) atoms. The number of ether oxygens (including phenoxy) is 1. The van der Waals surface area contributed by atoms with E-state index in [0.717, 1.165) is 5.56 Å². The highest BCUT2D eigenvalue weighted by Crippen LogP contribution is 2.15. The summed E-state index contributed by atoms with van der Waals surface area (Å²) >= 11 is 0. The molecule has 0 saturated heterocycles. The van der Waals surface area contributed by atoms with Crippen LogP contribution in [0.2, 0.25) is 0 Å². The summed E-state index contributed by atoms with van der Waals surface area (Å²) in [7, 11) is 1.49. The normalized spacial score (nSPS) is 12.2. The third-order valence-corrected chi connectivity index (χ3v) is 2.64. The standard InChI is InChI=1S/C15H15N3O2/c1-20-14(12-7-3-2-4-8-12)15(19)18-17-11-13-9-5-6-10-16-13/h2-11,14H,1H3,(H,18,19)/b17-11-/t14-/m0/s1. The molecule has 1 atom stereocenters. The van der Waals surface area contributed by atoms with Crippen molar-refractivity contribution in [3.63, 3.8) is 0 Å². The lowest BCUT2D eigenvalue weighted by molar-refractivity contribution is -0.131. The predicted octanol–water partition coefficient (Wildman–Crippen LogP) is 1.92. The smallest absolute Gasteiger partial charge is 0.273 e. The number of benzene rings is 1. The molecule has 1 heterocycles. The van der Waals surface area contributed by atoms with Crippen LogP contribution in [0.15, 0.2) is 59.8 Å². The molecule has 1 aromatic carbocycles. The Labute approximate surface area is 117 Å². The number of nitrogens with zero attached hydrogens (tertiary/aromatic N) is 2. The first kappa shape index (κ1) is 13.9. The molecule has 102 valence electrons. The van der Waals surface area contributed by atoms with E-state index in [-0.39, 0.29) is 5.91 Å². The number of carbonyl (C=O) groups is 1. The molecule has 0 aliphatic rings. The lowest BCUT2D eigenvalue weighted by Crippen LogP contribution is -2.26. The molecule has 5 heteroatoms. The highest BCUT2D eigenvalue weighted by Gasteiger charge is 2.18. The quantitative estimate of drug-likeness (QED) is 0.666. The van der Waals surface area contributed by atoms with Crippen LogP contribution in [0.4, 0.5) is 0 Å². The lowest BCUT2D eigenvalue weighted by atomic mass is 10.1. The van der Waals surface area contributed by atoms with E-state index in [1.807, 2.05) is 42.5 Å². The minimum atomic E-state index is -0.683. The van der Waals surface area contributed by atoms with E-state index in [4.69, 9.17) is 4.74 Å². The van der Waals surface area contributed by atoms with Crippen molar-refractivity contribution in [2.24, 2.45) is 5.10 Å². The van der Waals surface area contributed by atoms with E-state index in [2.05, 4.69) is 15.5 Å². The molecule has 0 aliphatic carbocycles. The largest absolute Gasteiger partial charge is 0.367 e. The molecule has 2 rings (SSSR count). The first-order chi connectivity index (χ1) is 9.81. The zero-order chi connectivity index (χ0) is 14.2. The minimum absolute atomic E-state index is 0.328. The third kappa shape index (κ3) is 3.73. The average Bonchev–Trinajstić information content (AvgIpc) is 2.50. The fourth-order valence-electron chi connectivity index (χ4n) is 1.70. The van der Waals surface area contributed by atoms with Crippen molar-refractivity contribution in [2.75, 3.05) is 7.11 Å². The third-order valence-electron chi connectivity index (χ3n) is 2.64. The maximum atomic E-state index is 12.0. The number of pyridine rings is 1. The van der Waals surface area contributed by atoms with Gasteiger partial charge in [-0.05, 0) is 17.7 Å². The van der Waals surface area contributed by atoms with Gasteiger partial charge < -0.3 is 4.74 Å². The maximum Gasteiger partial charge on any atom is 0.273 e. The van der Waals surface area contributed by atoms with Gasteiger partial charge in [0.2, 0.25) is 0 Å². The summed E-state index contributed by atoms with van der Waals surface area (Å²) in [5.74, 6) is -0.328. The number of hydrazone groups is 1. The van der Waals surface area contributed by atoms with Crippen molar-refractivity contribution >= 4 is 12.1 Å². The van der Waals surface area contributed by atoms with Crippen molar-refractivity contribution < 1.29 is 9.53 Å². The van der Waals surface area contributed by atoms with Crippen LogP contribution in [0.5, 0.6) is 0 Å². The van der Waals surface area contributed by atoms with Gasteiger partial charge >= 0.3 is 0 Å². The van der Waals surface area contributed by atoms with Gasteiger partial charge in [-0.2, -0.15) is 5.10 Å². The molecule has 2 aromatic rings. The monoisotopic (exact) mass is 269 g/mol. The fourth-order valence-corrected chi connectivity index (χ4v) is 1.70. The van der Waals surface area contributed by atoms with Gasteiger partial charge in [0.25, 0.3) is 5.91 Å². The van der Waals surface area contributed by atoms with E-state index in [1.54, 1.807) is 12.3 Å². The Morgan fingerprint density at radius 1 is 1.25 bits per heavy atom. The maximum absolute atomic E-state index is 12.0. The van der Waals surface area contributed by atoms with E-state index < -0.39 is 6.10 Å². The zero-order valence-corrected chi connectivity index (χ0v) is 11.1. The molecule has 0 radical (unpaired) electrons. The first-order valence-electron chi connectivity index (χ1n) is 6.13. The van der Waals surface area contributed by atoms with Gasteiger partial charge in [-0.25, -0.2) is 5.43 Å². The Bertz CT molecular complexity index is 570. The number of carbonyl (C=O) groups excluding carboxylic acids is 1. The second kappa shape index (κ2) is 7.16. The molecule has 0 spiro atoms. The van der Waals surface area contributed by atoms with Crippen LogP contribution in [0.25, 0.3) is 0 Å². The summed E-state index contributed by atoms with van der Waals surface area (Å²) in [6, 6.07) is 14.7. The molecule has 1 N–H and O–H groups in total. The molecule has 1 amide bonds. The molecular weight excluding hydrogens is 254 g/mol.